The van der Waals surface area contributed by atoms with Gasteiger partial charge in [0.05, 0.1) is 19.1 Å². The van der Waals surface area contributed by atoms with Gasteiger partial charge in [-0.25, -0.2) is 4.79 Å². The molecule has 1 saturated heterocycles. The van der Waals surface area contributed by atoms with E-state index in [1.54, 1.807) is 12.1 Å². The van der Waals surface area contributed by atoms with Gasteiger partial charge in [0.2, 0.25) is 5.91 Å². The number of aryl methyl sites for hydroxylation is 1. The number of rotatable bonds is 6. The van der Waals surface area contributed by atoms with Crippen LogP contribution in [0.15, 0.2) is 12.1 Å². The van der Waals surface area contributed by atoms with E-state index in [-0.39, 0.29) is 54.4 Å². The van der Waals surface area contributed by atoms with Crippen LogP contribution in [-0.4, -0.2) is 65.0 Å². The lowest BCUT2D eigenvalue weighted by molar-refractivity contribution is -0.141. The number of hydrogen-bond donors (Lipinski definition) is 3. The van der Waals surface area contributed by atoms with Crippen molar-refractivity contribution in [1.29, 1.82) is 0 Å². The highest BCUT2D eigenvalue weighted by atomic mass is 16.5. The highest BCUT2D eigenvalue weighted by Crippen LogP contribution is 2.37. The Morgan fingerprint density at radius 2 is 2.11 bits per heavy atom. The summed E-state index contributed by atoms with van der Waals surface area (Å²) < 4.78 is 11.1. The number of benzene rings is 1. The second kappa shape index (κ2) is 7.57. The molecule has 1 aromatic rings. The van der Waals surface area contributed by atoms with Gasteiger partial charge >= 0.3 is 13.1 Å². The largest absolute Gasteiger partial charge is 0.535 e. The highest BCUT2D eigenvalue weighted by molar-refractivity contribution is 6.44. The van der Waals surface area contributed by atoms with Gasteiger partial charge in [-0.05, 0) is 31.3 Å². The predicted molar refractivity (Wildman–Crippen MR) is 94.8 cm³/mol. The van der Waals surface area contributed by atoms with Crippen molar-refractivity contribution in [2.45, 2.75) is 38.2 Å². The molecule has 144 valence electrons. The van der Waals surface area contributed by atoms with Crippen LogP contribution in [0.5, 0.6) is 11.5 Å². The van der Waals surface area contributed by atoms with Gasteiger partial charge in [-0.3, -0.25) is 9.59 Å². The summed E-state index contributed by atoms with van der Waals surface area (Å²) in [7, 11) is -1.05. The Morgan fingerprint density at radius 1 is 1.41 bits per heavy atom. The molecule has 0 aliphatic carbocycles. The van der Waals surface area contributed by atoms with E-state index >= 15 is 0 Å². The molecule has 27 heavy (non-hydrogen) atoms. The van der Waals surface area contributed by atoms with Crippen molar-refractivity contribution in [3.63, 3.8) is 0 Å². The van der Waals surface area contributed by atoms with Gasteiger partial charge in [-0.1, -0.05) is 6.07 Å². The summed E-state index contributed by atoms with van der Waals surface area (Å²) in [5.41, 5.74) is 6.17. The second-order valence-corrected chi connectivity index (χ2v) is 6.80. The number of carboxylic acids is 1. The summed E-state index contributed by atoms with van der Waals surface area (Å²) in [6.45, 7) is 1.90. The molecule has 2 aliphatic rings. The van der Waals surface area contributed by atoms with Gasteiger partial charge in [0, 0.05) is 6.42 Å². The molecule has 0 unspecified atom stereocenters. The third kappa shape index (κ3) is 4.06. The number of carbonyl (C=O) groups excluding carboxylic acids is 2. The van der Waals surface area contributed by atoms with Crippen LogP contribution in [0, 0.1) is 0 Å². The Labute approximate surface area is 156 Å². The maximum Gasteiger partial charge on any atom is 0.522 e. The number of likely N-dealkylation sites (tertiary alicyclic amines) is 1. The standard InChI is InChI=1S/C17H21BN2O7/c1-9(21)12(19)6-14(22)20-7-11(8-20)26-13-3-2-10-4-5-18(25)27-16(10)15(13)17(23)24/h2-3,11-12,25H,4-8,19H2,1H3,(H,23,24)/t12-/m1/s1. The molecule has 0 saturated carbocycles. The van der Waals surface area contributed by atoms with E-state index in [1.165, 1.54) is 11.8 Å². The third-order valence-corrected chi connectivity index (χ3v) is 4.74. The molecule has 0 aromatic heterocycles. The average Bonchev–Trinajstić information content (AvgIpc) is 2.56. The first kappa shape index (κ1) is 19.2. The molecule has 10 heteroatoms. The van der Waals surface area contributed by atoms with Crippen molar-refractivity contribution >= 4 is 24.8 Å². The Balaban J connectivity index is 1.66. The van der Waals surface area contributed by atoms with E-state index < -0.39 is 19.1 Å². The third-order valence-electron chi connectivity index (χ3n) is 4.74. The summed E-state index contributed by atoms with van der Waals surface area (Å²) in [6, 6.07) is 2.47. The number of amides is 1. The number of Topliss-reactive ketones (excluding diaryl/α,β-unsaturated/α-hetero) is 1. The number of ether oxygens (including phenoxy) is 1. The highest BCUT2D eigenvalue weighted by Gasteiger charge is 2.35. The average molecular weight is 376 g/mol. The fourth-order valence-corrected chi connectivity index (χ4v) is 3.07. The lowest BCUT2D eigenvalue weighted by Crippen LogP contribution is -2.57. The summed E-state index contributed by atoms with van der Waals surface area (Å²) >= 11 is 0. The van der Waals surface area contributed by atoms with Crippen molar-refractivity contribution in [1.82, 2.24) is 4.90 Å². The zero-order valence-corrected chi connectivity index (χ0v) is 14.9. The lowest BCUT2D eigenvalue weighted by atomic mass is 9.78. The van der Waals surface area contributed by atoms with Gasteiger partial charge in [-0.15, -0.1) is 0 Å². The fourth-order valence-electron chi connectivity index (χ4n) is 3.07. The number of aromatic carboxylic acids is 1. The quantitative estimate of drug-likeness (QED) is 0.575. The normalized spacial score (nSPS) is 17.4. The molecule has 0 radical (unpaired) electrons. The van der Waals surface area contributed by atoms with Crippen LogP contribution >= 0.6 is 0 Å². The van der Waals surface area contributed by atoms with E-state index in [9.17, 15) is 24.5 Å². The molecule has 1 atom stereocenters. The van der Waals surface area contributed by atoms with Gasteiger partial charge in [0.1, 0.15) is 28.9 Å². The van der Waals surface area contributed by atoms with Crippen LogP contribution in [0.2, 0.25) is 6.32 Å². The molecule has 2 heterocycles. The smallest absolute Gasteiger partial charge is 0.522 e. The zero-order valence-electron chi connectivity index (χ0n) is 14.9. The number of nitrogens with zero attached hydrogens (tertiary/aromatic N) is 1. The van der Waals surface area contributed by atoms with Crippen molar-refractivity contribution in [3.8, 4) is 11.5 Å². The van der Waals surface area contributed by atoms with Crippen LogP contribution in [-0.2, 0) is 16.0 Å². The second-order valence-electron chi connectivity index (χ2n) is 6.80. The molecule has 1 aromatic carbocycles. The van der Waals surface area contributed by atoms with Crippen LogP contribution in [0.25, 0.3) is 0 Å². The van der Waals surface area contributed by atoms with Crippen LogP contribution in [0.1, 0.15) is 29.3 Å². The topological polar surface area (TPSA) is 139 Å². The van der Waals surface area contributed by atoms with Crippen molar-refractivity contribution in [3.05, 3.63) is 23.3 Å². The minimum Gasteiger partial charge on any atom is -0.535 e. The minimum atomic E-state index is -1.21. The number of hydrogen-bond acceptors (Lipinski definition) is 7. The molecular formula is C17H21BN2O7. The number of ketones is 1. The van der Waals surface area contributed by atoms with Crippen LogP contribution in [0.3, 0.4) is 0 Å². The van der Waals surface area contributed by atoms with E-state index in [4.69, 9.17) is 15.1 Å². The van der Waals surface area contributed by atoms with Crippen LogP contribution < -0.4 is 15.1 Å². The summed E-state index contributed by atoms with van der Waals surface area (Å²) in [6.07, 6.45) is 0.479. The van der Waals surface area contributed by atoms with E-state index in [1.807, 2.05) is 0 Å². The van der Waals surface area contributed by atoms with Gasteiger partial charge < -0.3 is 30.2 Å². The predicted octanol–water partition coefficient (Wildman–Crippen LogP) is -0.304. The number of carboxylic acid groups (broad SMARTS) is 1. The number of nitrogens with two attached hydrogens (primary N) is 1. The van der Waals surface area contributed by atoms with E-state index in [2.05, 4.69) is 0 Å². The molecule has 0 spiro atoms. The van der Waals surface area contributed by atoms with Crippen molar-refractivity contribution < 1.29 is 33.9 Å². The molecular weight excluding hydrogens is 355 g/mol. The fraction of sp³-hybridized carbons (Fsp3) is 0.471. The molecule has 2 aliphatic heterocycles. The summed E-state index contributed by atoms with van der Waals surface area (Å²) in [5.74, 6) is -1.45. The maximum absolute atomic E-state index is 12.0. The van der Waals surface area contributed by atoms with Gasteiger partial charge in [0.15, 0.2) is 0 Å². The molecule has 4 N–H and O–H groups in total. The molecule has 9 nitrogen and oxygen atoms in total. The first-order chi connectivity index (χ1) is 12.8. The van der Waals surface area contributed by atoms with Gasteiger partial charge in [0.25, 0.3) is 0 Å². The Morgan fingerprint density at radius 3 is 2.74 bits per heavy atom. The SMILES string of the molecule is CC(=O)[C@H](N)CC(=O)N1CC(Oc2ccc3c(c2C(=O)O)OB(O)CC3)C1. The molecule has 1 amide bonds. The van der Waals surface area contributed by atoms with E-state index in [0.29, 0.717) is 18.3 Å². The van der Waals surface area contributed by atoms with E-state index in [0.717, 1.165) is 0 Å². The molecule has 1 fully saturated rings. The Hall–Kier alpha value is -2.59. The molecule has 3 rings (SSSR count). The monoisotopic (exact) mass is 376 g/mol. The van der Waals surface area contributed by atoms with Crippen molar-refractivity contribution in [2.24, 2.45) is 5.73 Å². The summed E-state index contributed by atoms with van der Waals surface area (Å²) in [4.78, 5) is 36.4. The first-order valence-electron chi connectivity index (χ1n) is 8.70. The first-order valence-corrected chi connectivity index (χ1v) is 8.70. The number of fused-ring (bicyclic) bond motifs is 1. The minimum absolute atomic E-state index is 0.0625. The lowest BCUT2D eigenvalue weighted by Gasteiger charge is -2.39. The maximum atomic E-state index is 12.0. The zero-order chi connectivity index (χ0) is 19.7. The van der Waals surface area contributed by atoms with Crippen molar-refractivity contribution in [2.75, 3.05) is 13.1 Å². The van der Waals surface area contributed by atoms with Crippen LogP contribution in [0.4, 0.5) is 0 Å². The van der Waals surface area contributed by atoms with Gasteiger partial charge in [-0.2, -0.15) is 0 Å². The summed E-state index contributed by atoms with van der Waals surface area (Å²) in [5, 5.41) is 19.2. The number of carbonyl (C=O) groups is 3. The molecule has 0 bridgehead atoms. The Bertz CT molecular complexity index is 779. The Kier molecular flexibility index (Phi) is 5.38.